The number of hydrogen-bond donors (Lipinski definition) is 1. The summed E-state index contributed by atoms with van der Waals surface area (Å²) in [6, 6.07) is 14.9. The number of nitrogens with one attached hydrogen (secondary N) is 1. The number of fused-ring (bicyclic) bond motifs is 2. The van der Waals surface area contributed by atoms with Crippen LogP contribution in [-0.4, -0.2) is 45.2 Å². The lowest BCUT2D eigenvalue weighted by atomic mass is 9.95. The summed E-state index contributed by atoms with van der Waals surface area (Å²) < 4.78 is 2.28. The normalized spacial score (nSPS) is 16.9. The van der Waals surface area contributed by atoms with Crippen molar-refractivity contribution >= 4 is 29.1 Å². The highest BCUT2D eigenvalue weighted by Gasteiger charge is 2.28. The quantitative estimate of drug-likeness (QED) is 0.696. The van der Waals surface area contributed by atoms with Crippen LogP contribution in [0.3, 0.4) is 0 Å². The number of aryl methyl sites for hydroxylation is 1. The number of benzene rings is 2. The number of carbonyl (C=O) groups excluding carboxylic acids is 1. The van der Waals surface area contributed by atoms with E-state index in [0.29, 0.717) is 12.3 Å². The first kappa shape index (κ1) is 20.8. The molecule has 0 spiro atoms. The summed E-state index contributed by atoms with van der Waals surface area (Å²) in [7, 11) is 0. The van der Waals surface area contributed by atoms with E-state index in [1.807, 2.05) is 4.90 Å². The summed E-state index contributed by atoms with van der Waals surface area (Å²) in [6.45, 7) is 4.37. The molecule has 1 amide bonds. The van der Waals surface area contributed by atoms with Gasteiger partial charge in [0.15, 0.2) is 0 Å². The maximum Gasteiger partial charge on any atom is 0.222 e. The minimum absolute atomic E-state index is 0. The van der Waals surface area contributed by atoms with Gasteiger partial charge in [-0.25, -0.2) is 0 Å². The van der Waals surface area contributed by atoms with Gasteiger partial charge in [0.1, 0.15) is 11.6 Å². The lowest BCUT2D eigenvalue weighted by Crippen LogP contribution is -2.39. The molecule has 1 N–H and O–H groups in total. The monoisotopic (exact) mass is 425 g/mol. The van der Waals surface area contributed by atoms with Gasteiger partial charge in [0.2, 0.25) is 5.91 Å². The van der Waals surface area contributed by atoms with Crippen LogP contribution < -0.4 is 5.32 Å². The van der Waals surface area contributed by atoms with E-state index in [4.69, 9.17) is 0 Å². The number of nitrogens with zero attached hydrogens (tertiary/aromatic N) is 4. The fourth-order valence-corrected chi connectivity index (χ4v) is 4.61. The molecule has 0 saturated carbocycles. The van der Waals surface area contributed by atoms with Crippen LogP contribution in [0.4, 0.5) is 0 Å². The van der Waals surface area contributed by atoms with Crippen LogP contribution in [0.5, 0.6) is 0 Å². The molecular weight excluding hydrogens is 398 g/mol. The van der Waals surface area contributed by atoms with E-state index in [-0.39, 0.29) is 18.3 Å². The van der Waals surface area contributed by atoms with Gasteiger partial charge in [-0.15, -0.1) is 22.6 Å². The molecular formula is C23H28ClN5O. The van der Waals surface area contributed by atoms with Crippen molar-refractivity contribution in [1.82, 2.24) is 25.0 Å². The zero-order chi connectivity index (χ0) is 19.6. The first-order valence-electron chi connectivity index (χ1n) is 10.7. The Morgan fingerprint density at radius 2 is 1.83 bits per heavy atom. The molecule has 6 nitrogen and oxygen atoms in total. The Morgan fingerprint density at radius 1 is 1.03 bits per heavy atom. The van der Waals surface area contributed by atoms with Gasteiger partial charge < -0.3 is 14.8 Å². The summed E-state index contributed by atoms with van der Waals surface area (Å²) in [5.41, 5.74) is 1.23. The number of aromatic nitrogens is 3. The van der Waals surface area contributed by atoms with Crippen molar-refractivity contribution in [3.63, 3.8) is 0 Å². The van der Waals surface area contributed by atoms with Crippen LogP contribution in [0, 0.1) is 0 Å². The predicted molar refractivity (Wildman–Crippen MR) is 120 cm³/mol. The van der Waals surface area contributed by atoms with E-state index >= 15 is 0 Å². The fraction of sp³-hybridized carbons (Fsp3) is 0.435. The van der Waals surface area contributed by atoms with E-state index < -0.39 is 0 Å². The highest BCUT2D eigenvalue weighted by molar-refractivity contribution is 5.85. The van der Waals surface area contributed by atoms with Crippen molar-refractivity contribution in [3.05, 3.63) is 59.7 Å². The summed E-state index contributed by atoms with van der Waals surface area (Å²) in [5, 5.41) is 14.6. The third kappa shape index (κ3) is 4.20. The molecule has 3 heterocycles. The van der Waals surface area contributed by atoms with Gasteiger partial charge in [-0.05, 0) is 35.6 Å². The van der Waals surface area contributed by atoms with Crippen LogP contribution in [-0.2, 0) is 24.3 Å². The molecule has 2 aromatic carbocycles. The van der Waals surface area contributed by atoms with E-state index in [0.717, 1.165) is 63.6 Å². The molecule has 7 heteroatoms. The number of amides is 1. The first-order valence-corrected chi connectivity index (χ1v) is 10.7. The Hall–Kier alpha value is -2.44. The SMILES string of the molecule is Cl.O=C(CCc1ccc2ccccc2c1)N1CCC(c2nnc3n2CCNC3)CC1. The molecule has 0 atom stereocenters. The van der Waals surface area contributed by atoms with Gasteiger partial charge in [-0.1, -0.05) is 42.5 Å². The topological polar surface area (TPSA) is 63.1 Å². The number of hydrogen-bond acceptors (Lipinski definition) is 4. The van der Waals surface area contributed by atoms with Crippen molar-refractivity contribution in [2.45, 2.75) is 44.7 Å². The van der Waals surface area contributed by atoms with E-state index in [2.05, 4.69) is 62.5 Å². The summed E-state index contributed by atoms with van der Waals surface area (Å²) in [5.74, 6) is 2.84. The Morgan fingerprint density at radius 3 is 2.67 bits per heavy atom. The Balaban J connectivity index is 0.00000218. The van der Waals surface area contributed by atoms with Crippen LogP contribution in [0.15, 0.2) is 42.5 Å². The second kappa shape index (κ2) is 9.14. The summed E-state index contributed by atoms with van der Waals surface area (Å²) in [6.07, 6.45) is 3.34. The van der Waals surface area contributed by atoms with Crippen molar-refractivity contribution in [1.29, 1.82) is 0 Å². The van der Waals surface area contributed by atoms with Gasteiger partial charge in [-0.2, -0.15) is 0 Å². The summed E-state index contributed by atoms with van der Waals surface area (Å²) >= 11 is 0. The number of halogens is 1. The third-order valence-corrected chi connectivity index (χ3v) is 6.31. The van der Waals surface area contributed by atoms with Crippen LogP contribution in [0.2, 0.25) is 0 Å². The minimum atomic E-state index is 0. The van der Waals surface area contributed by atoms with E-state index in [1.165, 1.54) is 16.3 Å². The largest absolute Gasteiger partial charge is 0.343 e. The van der Waals surface area contributed by atoms with E-state index in [1.54, 1.807) is 0 Å². The van der Waals surface area contributed by atoms with Crippen LogP contribution in [0.25, 0.3) is 10.8 Å². The van der Waals surface area contributed by atoms with Crippen molar-refractivity contribution in [2.24, 2.45) is 0 Å². The van der Waals surface area contributed by atoms with Gasteiger partial charge in [0.05, 0.1) is 6.54 Å². The molecule has 1 fully saturated rings. The number of likely N-dealkylation sites (tertiary alicyclic amines) is 1. The average Bonchev–Trinajstić information content (AvgIpc) is 3.21. The zero-order valence-corrected chi connectivity index (χ0v) is 17.9. The molecule has 0 radical (unpaired) electrons. The smallest absolute Gasteiger partial charge is 0.222 e. The zero-order valence-electron chi connectivity index (χ0n) is 17.1. The molecule has 2 aliphatic rings. The maximum atomic E-state index is 12.7. The predicted octanol–water partition coefficient (Wildman–Crippen LogP) is 3.30. The van der Waals surface area contributed by atoms with Gasteiger partial charge >= 0.3 is 0 Å². The minimum Gasteiger partial charge on any atom is -0.343 e. The van der Waals surface area contributed by atoms with Crippen LogP contribution >= 0.6 is 12.4 Å². The standard InChI is InChI=1S/C23H27N5O.ClH/c29-22(8-6-17-5-7-18-3-1-2-4-20(18)15-17)27-12-9-19(10-13-27)23-26-25-21-16-24-11-14-28(21)23;/h1-5,7,15,19,24H,6,8-14,16H2;1H. The van der Waals surface area contributed by atoms with Gasteiger partial charge in [0, 0.05) is 38.5 Å². The molecule has 1 saturated heterocycles. The average molecular weight is 426 g/mol. The molecule has 0 aliphatic carbocycles. The number of rotatable bonds is 4. The molecule has 158 valence electrons. The van der Waals surface area contributed by atoms with Crippen molar-refractivity contribution < 1.29 is 4.79 Å². The second-order valence-corrected chi connectivity index (χ2v) is 8.14. The third-order valence-electron chi connectivity index (χ3n) is 6.31. The van der Waals surface area contributed by atoms with Gasteiger partial charge in [-0.3, -0.25) is 4.79 Å². The van der Waals surface area contributed by atoms with Crippen LogP contribution in [0.1, 0.15) is 42.4 Å². The Bertz CT molecular complexity index is 1030. The number of carbonyl (C=O) groups is 1. The molecule has 0 bridgehead atoms. The number of piperidine rings is 1. The lowest BCUT2D eigenvalue weighted by molar-refractivity contribution is -0.132. The highest BCUT2D eigenvalue weighted by Crippen LogP contribution is 2.28. The van der Waals surface area contributed by atoms with Gasteiger partial charge in [0.25, 0.3) is 0 Å². The Kier molecular flexibility index (Phi) is 6.35. The highest BCUT2D eigenvalue weighted by atomic mass is 35.5. The molecule has 30 heavy (non-hydrogen) atoms. The van der Waals surface area contributed by atoms with Crippen molar-refractivity contribution in [2.75, 3.05) is 19.6 Å². The molecule has 3 aromatic rings. The molecule has 2 aliphatic heterocycles. The van der Waals surface area contributed by atoms with Crippen molar-refractivity contribution in [3.8, 4) is 0 Å². The Labute approximate surface area is 183 Å². The first-order chi connectivity index (χ1) is 14.3. The molecule has 1 aromatic heterocycles. The maximum absolute atomic E-state index is 12.7. The van der Waals surface area contributed by atoms with E-state index in [9.17, 15) is 4.79 Å². The molecule has 5 rings (SSSR count). The second-order valence-electron chi connectivity index (χ2n) is 8.14. The summed E-state index contributed by atoms with van der Waals surface area (Å²) in [4.78, 5) is 14.8. The molecule has 0 unspecified atom stereocenters. The lowest BCUT2D eigenvalue weighted by Gasteiger charge is -2.32. The fourth-order valence-electron chi connectivity index (χ4n) is 4.61.